The molecule has 2 N–H and O–H groups in total. The third-order valence-electron chi connectivity index (χ3n) is 2.87. The molecule has 0 heterocycles. The smallest absolute Gasteiger partial charge is 0.0776 e. The Morgan fingerprint density at radius 2 is 2.00 bits per heavy atom. The first-order chi connectivity index (χ1) is 7.36. The van der Waals surface area contributed by atoms with E-state index in [4.69, 9.17) is 33.7 Å². The first-order valence-corrected chi connectivity index (χ1v) is 5.87. The zero-order valence-corrected chi connectivity index (χ0v) is 11.3. The standard InChI is InChI=1S/C12H17Cl2NO/c1-12(2,16-3)11(15)6-8-4-5-9(13)7-10(8)14/h4-5,7,11H,6,15H2,1-3H3. The molecule has 16 heavy (non-hydrogen) atoms. The molecule has 4 heteroatoms. The Bertz CT molecular complexity index is 366. The molecule has 1 aromatic carbocycles. The maximum absolute atomic E-state index is 6.09. The van der Waals surface area contributed by atoms with Crippen LogP contribution in [-0.2, 0) is 11.2 Å². The Morgan fingerprint density at radius 1 is 1.38 bits per heavy atom. The van der Waals surface area contributed by atoms with Crippen LogP contribution in [0.5, 0.6) is 0 Å². The van der Waals surface area contributed by atoms with Crippen molar-refractivity contribution < 1.29 is 4.74 Å². The highest BCUT2D eigenvalue weighted by Gasteiger charge is 2.26. The molecule has 0 aliphatic heterocycles. The molecule has 0 bridgehead atoms. The molecule has 0 spiro atoms. The van der Waals surface area contributed by atoms with E-state index < -0.39 is 0 Å². The zero-order chi connectivity index (χ0) is 12.3. The van der Waals surface area contributed by atoms with Crippen LogP contribution in [0.3, 0.4) is 0 Å². The van der Waals surface area contributed by atoms with Crippen molar-refractivity contribution in [3.05, 3.63) is 33.8 Å². The molecule has 0 amide bonds. The van der Waals surface area contributed by atoms with Gasteiger partial charge < -0.3 is 10.5 Å². The molecule has 0 radical (unpaired) electrons. The Morgan fingerprint density at radius 3 is 2.50 bits per heavy atom. The number of methoxy groups -OCH3 is 1. The van der Waals surface area contributed by atoms with Crippen LogP contribution in [0.4, 0.5) is 0 Å². The summed E-state index contributed by atoms with van der Waals surface area (Å²) < 4.78 is 5.34. The van der Waals surface area contributed by atoms with Gasteiger partial charge in [0.25, 0.3) is 0 Å². The van der Waals surface area contributed by atoms with E-state index in [0.717, 1.165) is 5.56 Å². The number of halogens is 2. The molecule has 1 rings (SSSR count). The highest BCUT2D eigenvalue weighted by atomic mass is 35.5. The lowest BCUT2D eigenvalue weighted by Crippen LogP contribution is -2.46. The Balaban J connectivity index is 2.81. The number of nitrogens with two attached hydrogens (primary N) is 1. The maximum Gasteiger partial charge on any atom is 0.0776 e. The topological polar surface area (TPSA) is 35.2 Å². The summed E-state index contributed by atoms with van der Waals surface area (Å²) in [6.07, 6.45) is 0.664. The van der Waals surface area contributed by atoms with Gasteiger partial charge in [0.05, 0.1) is 5.60 Å². The maximum atomic E-state index is 6.09. The van der Waals surface area contributed by atoms with Crippen LogP contribution in [-0.4, -0.2) is 18.8 Å². The van der Waals surface area contributed by atoms with Gasteiger partial charge in [-0.15, -0.1) is 0 Å². The summed E-state index contributed by atoms with van der Waals surface area (Å²) >= 11 is 11.9. The Hall–Kier alpha value is -0.280. The van der Waals surface area contributed by atoms with Gasteiger partial charge in [-0.2, -0.15) is 0 Å². The van der Waals surface area contributed by atoms with E-state index in [1.54, 1.807) is 13.2 Å². The minimum Gasteiger partial charge on any atom is -0.377 e. The quantitative estimate of drug-likeness (QED) is 0.903. The van der Waals surface area contributed by atoms with E-state index in [1.807, 2.05) is 26.0 Å². The normalized spacial score (nSPS) is 13.9. The Labute approximate surface area is 107 Å². The van der Waals surface area contributed by atoms with Crippen molar-refractivity contribution in [2.45, 2.75) is 31.9 Å². The van der Waals surface area contributed by atoms with E-state index in [1.165, 1.54) is 0 Å². The van der Waals surface area contributed by atoms with Crippen molar-refractivity contribution in [2.75, 3.05) is 7.11 Å². The molecule has 2 nitrogen and oxygen atoms in total. The number of ether oxygens (including phenoxy) is 1. The summed E-state index contributed by atoms with van der Waals surface area (Å²) in [6, 6.07) is 5.33. The van der Waals surface area contributed by atoms with Gasteiger partial charge in [-0.1, -0.05) is 29.3 Å². The lowest BCUT2D eigenvalue weighted by molar-refractivity contribution is 0.000813. The fraction of sp³-hybridized carbons (Fsp3) is 0.500. The van der Waals surface area contributed by atoms with Crippen molar-refractivity contribution in [3.8, 4) is 0 Å². The fourth-order valence-electron chi connectivity index (χ4n) is 1.32. The van der Waals surface area contributed by atoms with Crippen molar-refractivity contribution >= 4 is 23.2 Å². The average molecular weight is 262 g/mol. The van der Waals surface area contributed by atoms with Crippen LogP contribution in [0, 0.1) is 0 Å². The van der Waals surface area contributed by atoms with Crippen LogP contribution in [0.15, 0.2) is 18.2 Å². The van der Waals surface area contributed by atoms with Crippen molar-refractivity contribution in [2.24, 2.45) is 5.73 Å². The van der Waals surface area contributed by atoms with E-state index in [2.05, 4.69) is 0 Å². The van der Waals surface area contributed by atoms with Crippen LogP contribution in [0.25, 0.3) is 0 Å². The second-order valence-electron chi connectivity index (χ2n) is 4.35. The lowest BCUT2D eigenvalue weighted by Gasteiger charge is -2.30. The first kappa shape index (κ1) is 13.8. The van der Waals surface area contributed by atoms with Crippen LogP contribution < -0.4 is 5.73 Å². The van der Waals surface area contributed by atoms with Crippen LogP contribution >= 0.6 is 23.2 Å². The van der Waals surface area contributed by atoms with Gasteiger partial charge in [0.2, 0.25) is 0 Å². The molecule has 0 aromatic heterocycles. The first-order valence-electron chi connectivity index (χ1n) is 5.11. The summed E-state index contributed by atoms with van der Waals surface area (Å²) in [5.41, 5.74) is 6.70. The monoisotopic (exact) mass is 261 g/mol. The average Bonchev–Trinajstić information content (AvgIpc) is 2.22. The SMILES string of the molecule is COC(C)(C)C(N)Cc1ccc(Cl)cc1Cl. The molecule has 1 aromatic rings. The van der Waals surface area contributed by atoms with E-state index in [9.17, 15) is 0 Å². The zero-order valence-electron chi connectivity index (χ0n) is 9.76. The number of benzene rings is 1. The van der Waals surface area contributed by atoms with Gasteiger partial charge in [0, 0.05) is 23.2 Å². The predicted molar refractivity (Wildman–Crippen MR) is 69.2 cm³/mol. The molecule has 90 valence electrons. The van der Waals surface area contributed by atoms with Crippen molar-refractivity contribution in [1.29, 1.82) is 0 Å². The summed E-state index contributed by atoms with van der Waals surface area (Å²) in [7, 11) is 1.66. The highest BCUT2D eigenvalue weighted by molar-refractivity contribution is 6.35. The number of hydrogen-bond acceptors (Lipinski definition) is 2. The summed E-state index contributed by atoms with van der Waals surface area (Å²) in [5.74, 6) is 0. The molecule has 0 fully saturated rings. The van der Waals surface area contributed by atoms with E-state index in [0.29, 0.717) is 16.5 Å². The van der Waals surface area contributed by atoms with Gasteiger partial charge >= 0.3 is 0 Å². The van der Waals surface area contributed by atoms with Crippen molar-refractivity contribution in [3.63, 3.8) is 0 Å². The number of hydrogen-bond donors (Lipinski definition) is 1. The highest BCUT2D eigenvalue weighted by Crippen LogP contribution is 2.24. The van der Waals surface area contributed by atoms with Gasteiger partial charge in [0.1, 0.15) is 0 Å². The number of rotatable bonds is 4. The molecule has 1 atom stereocenters. The van der Waals surface area contributed by atoms with Crippen LogP contribution in [0.1, 0.15) is 19.4 Å². The second kappa shape index (κ2) is 5.37. The van der Waals surface area contributed by atoms with Crippen molar-refractivity contribution in [1.82, 2.24) is 0 Å². The third kappa shape index (κ3) is 3.36. The summed E-state index contributed by atoms with van der Waals surface area (Å²) in [6.45, 7) is 3.92. The minimum atomic E-state index is -0.372. The Kier molecular flexibility index (Phi) is 4.62. The largest absolute Gasteiger partial charge is 0.377 e. The fourth-order valence-corrected chi connectivity index (χ4v) is 1.81. The van der Waals surface area contributed by atoms with Gasteiger partial charge in [-0.3, -0.25) is 0 Å². The van der Waals surface area contributed by atoms with Gasteiger partial charge in [0.15, 0.2) is 0 Å². The third-order valence-corrected chi connectivity index (χ3v) is 3.46. The molecule has 0 saturated heterocycles. The van der Waals surface area contributed by atoms with Crippen LogP contribution in [0.2, 0.25) is 10.0 Å². The molecular formula is C12H17Cl2NO. The minimum absolute atomic E-state index is 0.115. The van der Waals surface area contributed by atoms with Gasteiger partial charge in [-0.05, 0) is 38.0 Å². The van der Waals surface area contributed by atoms with E-state index >= 15 is 0 Å². The molecule has 0 aliphatic carbocycles. The second-order valence-corrected chi connectivity index (χ2v) is 5.20. The molecule has 0 saturated carbocycles. The predicted octanol–water partition coefficient (Wildman–Crippen LogP) is 3.29. The summed E-state index contributed by atoms with van der Waals surface area (Å²) in [5, 5.41) is 1.28. The lowest BCUT2D eigenvalue weighted by atomic mass is 9.93. The summed E-state index contributed by atoms with van der Waals surface area (Å²) in [4.78, 5) is 0. The molecule has 0 aliphatic rings. The molecule has 1 unspecified atom stereocenters. The molecular weight excluding hydrogens is 245 g/mol. The van der Waals surface area contributed by atoms with Gasteiger partial charge in [-0.25, -0.2) is 0 Å². The van der Waals surface area contributed by atoms with E-state index in [-0.39, 0.29) is 11.6 Å².